The third-order valence-electron chi connectivity index (χ3n) is 6.94. The molecule has 0 saturated carbocycles. The van der Waals surface area contributed by atoms with Gasteiger partial charge in [-0.15, -0.1) is 0 Å². The highest BCUT2D eigenvalue weighted by Crippen LogP contribution is 2.47. The minimum absolute atomic E-state index is 0.0505. The molecule has 40 heavy (non-hydrogen) atoms. The second-order valence-corrected chi connectivity index (χ2v) is 11.6. The van der Waals surface area contributed by atoms with E-state index in [0.717, 1.165) is 36.8 Å². The minimum Gasteiger partial charge on any atom is -0.496 e. The fraction of sp³-hybridized carbons (Fsp3) is 0.562. The van der Waals surface area contributed by atoms with Crippen LogP contribution < -0.4 is 30.2 Å². The van der Waals surface area contributed by atoms with Gasteiger partial charge in [0.1, 0.15) is 5.75 Å². The van der Waals surface area contributed by atoms with E-state index in [9.17, 15) is 9.59 Å². The number of benzene rings is 2. The number of carbonyl (C=O) groups is 2. The van der Waals surface area contributed by atoms with Gasteiger partial charge in [-0.1, -0.05) is 59.1 Å². The molecule has 0 spiro atoms. The Morgan fingerprint density at radius 2 is 1.55 bits per heavy atom. The number of urea groups is 1. The first-order chi connectivity index (χ1) is 18.9. The van der Waals surface area contributed by atoms with Crippen LogP contribution in [0.2, 0.25) is 0 Å². The molecule has 0 aliphatic carbocycles. The summed E-state index contributed by atoms with van der Waals surface area (Å²) in [5.41, 5.74) is 2.16. The molecule has 0 aromatic heterocycles. The summed E-state index contributed by atoms with van der Waals surface area (Å²) < 4.78 is 17.0. The molecule has 2 unspecified atom stereocenters. The molecule has 2 rings (SSSR count). The van der Waals surface area contributed by atoms with Crippen LogP contribution in [0.25, 0.3) is 0 Å². The van der Waals surface area contributed by atoms with E-state index in [0.29, 0.717) is 29.5 Å². The molecular formula is C32H49N3O5. The van der Waals surface area contributed by atoms with E-state index >= 15 is 0 Å². The predicted molar refractivity (Wildman–Crippen MR) is 162 cm³/mol. The summed E-state index contributed by atoms with van der Waals surface area (Å²) in [4.78, 5) is 26.1. The summed E-state index contributed by atoms with van der Waals surface area (Å²) in [6.07, 6.45) is 3.96. The van der Waals surface area contributed by atoms with Gasteiger partial charge in [0.05, 0.1) is 27.2 Å². The van der Waals surface area contributed by atoms with E-state index in [-0.39, 0.29) is 35.2 Å². The summed E-state index contributed by atoms with van der Waals surface area (Å²) >= 11 is 0. The van der Waals surface area contributed by atoms with Crippen molar-refractivity contribution in [3.05, 3.63) is 47.5 Å². The van der Waals surface area contributed by atoms with Crippen LogP contribution in [0.1, 0.15) is 84.3 Å². The van der Waals surface area contributed by atoms with Crippen molar-refractivity contribution >= 4 is 17.6 Å². The third kappa shape index (κ3) is 9.35. The van der Waals surface area contributed by atoms with Gasteiger partial charge in [-0.25, -0.2) is 4.79 Å². The van der Waals surface area contributed by atoms with Crippen molar-refractivity contribution < 1.29 is 23.8 Å². The molecule has 3 N–H and O–H groups in total. The summed E-state index contributed by atoms with van der Waals surface area (Å²) in [6, 6.07) is 11.2. The van der Waals surface area contributed by atoms with E-state index in [4.69, 9.17) is 14.2 Å². The van der Waals surface area contributed by atoms with Crippen molar-refractivity contribution in [1.29, 1.82) is 0 Å². The van der Waals surface area contributed by atoms with Gasteiger partial charge in [-0.3, -0.25) is 4.79 Å². The summed E-state index contributed by atoms with van der Waals surface area (Å²) in [5, 5.41) is 8.85. The number of carbonyl (C=O) groups excluding carboxylic acids is 2. The summed E-state index contributed by atoms with van der Waals surface area (Å²) in [5.74, 6) is 1.32. The molecule has 0 heterocycles. The van der Waals surface area contributed by atoms with Crippen molar-refractivity contribution in [1.82, 2.24) is 10.6 Å². The van der Waals surface area contributed by atoms with E-state index in [2.05, 4.69) is 43.6 Å². The minimum atomic E-state index is -0.366. The number of amides is 3. The Bertz CT molecular complexity index is 1110. The molecule has 8 heteroatoms. The number of nitrogens with one attached hydrogen (secondary N) is 3. The molecule has 0 fully saturated rings. The number of hydrogen-bond donors (Lipinski definition) is 3. The Labute approximate surface area is 240 Å². The maximum atomic E-state index is 14.1. The van der Waals surface area contributed by atoms with Crippen LogP contribution in [0, 0.1) is 11.3 Å². The van der Waals surface area contributed by atoms with Crippen LogP contribution in [-0.2, 0) is 11.3 Å². The molecule has 0 aliphatic rings. The molecule has 222 valence electrons. The van der Waals surface area contributed by atoms with E-state index < -0.39 is 0 Å². The number of rotatable bonds is 14. The van der Waals surface area contributed by atoms with Crippen LogP contribution in [0.15, 0.2) is 36.4 Å². The first kappa shape index (κ1) is 32.8. The molecule has 0 aliphatic heterocycles. The second kappa shape index (κ2) is 15.4. The fourth-order valence-electron chi connectivity index (χ4n) is 5.11. The third-order valence-corrected chi connectivity index (χ3v) is 6.94. The first-order valence-electron chi connectivity index (χ1n) is 14.2. The molecule has 2 atom stereocenters. The monoisotopic (exact) mass is 555 g/mol. The number of unbranched alkanes of at least 4 members (excludes halogenated alkanes) is 2. The summed E-state index contributed by atoms with van der Waals surface area (Å²) in [7, 11) is 4.85. The fourth-order valence-corrected chi connectivity index (χ4v) is 5.11. The Morgan fingerprint density at radius 3 is 2.12 bits per heavy atom. The molecule has 0 bridgehead atoms. The summed E-state index contributed by atoms with van der Waals surface area (Å²) in [6.45, 7) is 12.7. The average molecular weight is 556 g/mol. The van der Waals surface area contributed by atoms with Gasteiger partial charge in [0, 0.05) is 29.9 Å². The highest BCUT2D eigenvalue weighted by molar-refractivity contribution is 5.94. The lowest BCUT2D eigenvalue weighted by molar-refractivity contribution is -0.124. The molecule has 8 nitrogen and oxygen atoms in total. The van der Waals surface area contributed by atoms with Crippen LogP contribution in [-0.4, -0.2) is 39.3 Å². The van der Waals surface area contributed by atoms with E-state index in [1.807, 2.05) is 50.2 Å². The molecular weight excluding hydrogens is 506 g/mol. The zero-order chi connectivity index (χ0) is 29.9. The molecule has 0 saturated heterocycles. The zero-order valence-electron chi connectivity index (χ0n) is 25.8. The van der Waals surface area contributed by atoms with Crippen molar-refractivity contribution in [3.63, 3.8) is 0 Å². The zero-order valence-corrected chi connectivity index (χ0v) is 25.8. The van der Waals surface area contributed by atoms with Gasteiger partial charge < -0.3 is 30.2 Å². The predicted octanol–water partition coefficient (Wildman–Crippen LogP) is 6.88. The van der Waals surface area contributed by atoms with E-state index in [1.165, 1.54) is 0 Å². The van der Waals surface area contributed by atoms with Gasteiger partial charge in [0.15, 0.2) is 11.5 Å². The standard InChI is InChI=1S/C32H49N3O5/c1-10-11-12-16-24(25-18-27(39-8)28(40-9)19-26(25)38-7)29(32(4,5)6)30(36)35-23-15-13-14-22(17-23)20-33-31(37)34-21(2)3/h13-15,17-19,21,24,29H,10-12,16,20H2,1-9H3,(H,35,36)(H2,33,34,37). The van der Waals surface area contributed by atoms with Crippen molar-refractivity contribution in [3.8, 4) is 17.2 Å². The van der Waals surface area contributed by atoms with Gasteiger partial charge in [0.25, 0.3) is 0 Å². The van der Waals surface area contributed by atoms with Gasteiger partial charge in [-0.05, 0) is 55.4 Å². The Kier molecular flexibility index (Phi) is 12.6. The highest BCUT2D eigenvalue weighted by atomic mass is 16.5. The maximum Gasteiger partial charge on any atom is 0.315 e. The van der Waals surface area contributed by atoms with Crippen LogP contribution in [0.5, 0.6) is 17.2 Å². The molecule has 0 radical (unpaired) electrons. The largest absolute Gasteiger partial charge is 0.496 e. The maximum absolute atomic E-state index is 14.1. The Morgan fingerprint density at radius 1 is 0.900 bits per heavy atom. The number of anilines is 1. The number of ether oxygens (including phenoxy) is 3. The van der Waals surface area contributed by atoms with Crippen LogP contribution in [0.4, 0.5) is 10.5 Å². The average Bonchev–Trinajstić information content (AvgIpc) is 2.89. The van der Waals surface area contributed by atoms with Crippen LogP contribution >= 0.6 is 0 Å². The van der Waals surface area contributed by atoms with Crippen molar-refractivity contribution in [2.24, 2.45) is 11.3 Å². The first-order valence-corrected chi connectivity index (χ1v) is 14.2. The van der Waals surface area contributed by atoms with Gasteiger partial charge in [-0.2, -0.15) is 0 Å². The lowest BCUT2D eigenvalue weighted by Crippen LogP contribution is -2.39. The molecule has 2 aromatic carbocycles. The lowest BCUT2D eigenvalue weighted by Gasteiger charge is -2.37. The Hall–Kier alpha value is -3.42. The van der Waals surface area contributed by atoms with Crippen molar-refractivity contribution in [2.75, 3.05) is 26.6 Å². The van der Waals surface area contributed by atoms with E-state index in [1.54, 1.807) is 21.3 Å². The molecule has 2 aromatic rings. The van der Waals surface area contributed by atoms with Crippen LogP contribution in [0.3, 0.4) is 0 Å². The van der Waals surface area contributed by atoms with Crippen molar-refractivity contribution in [2.45, 2.75) is 85.7 Å². The quantitative estimate of drug-likeness (QED) is 0.221. The normalized spacial score (nSPS) is 12.8. The Balaban J connectivity index is 2.44. The van der Waals surface area contributed by atoms with Gasteiger partial charge >= 0.3 is 6.03 Å². The molecule has 3 amide bonds. The number of hydrogen-bond acceptors (Lipinski definition) is 5. The smallest absolute Gasteiger partial charge is 0.315 e. The number of methoxy groups -OCH3 is 3. The second-order valence-electron chi connectivity index (χ2n) is 11.6. The topological polar surface area (TPSA) is 97.9 Å². The lowest BCUT2D eigenvalue weighted by atomic mass is 9.68. The highest BCUT2D eigenvalue weighted by Gasteiger charge is 2.40. The SMILES string of the molecule is CCCCCC(c1cc(OC)c(OC)cc1OC)C(C(=O)Nc1cccc(CNC(=O)NC(C)C)c1)C(C)(C)C. The van der Waals surface area contributed by atoms with Gasteiger partial charge in [0.2, 0.25) is 5.91 Å².